The Morgan fingerprint density at radius 2 is 1.89 bits per heavy atom. The number of benzene rings is 1. The average molecular weight is 407 g/mol. The van der Waals surface area contributed by atoms with E-state index in [1.54, 1.807) is 0 Å². The summed E-state index contributed by atoms with van der Waals surface area (Å²) in [5.41, 5.74) is -0.943. The third-order valence-corrected chi connectivity index (χ3v) is 3.43. The molecule has 10 heteroatoms. The standard InChI is InChI=1S/C17H18ClF3N2O4/c1-2-7-22-14(24)9-23-15(25)10-27-16(26)6-3-11-8-12(17(19,20)21)4-5-13(11)18/h3-6,8H,2,7,9-10H2,1H3,(H,22,24)(H,23,25)/b6-3+. The summed E-state index contributed by atoms with van der Waals surface area (Å²) in [6, 6.07) is 2.67. The first-order chi connectivity index (χ1) is 12.6. The number of carbonyl (C=O) groups is 3. The molecule has 1 aromatic rings. The molecule has 2 amide bonds. The van der Waals surface area contributed by atoms with Crippen LogP contribution in [0.4, 0.5) is 13.2 Å². The molecule has 0 aliphatic heterocycles. The van der Waals surface area contributed by atoms with Crippen molar-refractivity contribution >= 4 is 35.5 Å². The van der Waals surface area contributed by atoms with E-state index in [0.717, 1.165) is 36.8 Å². The first-order valence-electron chi connectivity index (χ1n) is 7.88. The lowest BCUT2D eigenvalue weighted by atomic mass is 10.1. The van der Waals surface area contributed by atoms with E-state index >= 15 is 0 Å². The first-order valence-corrected chi connectivity index (χ1v) is 8.26. The normalized spacial score (nSPS) is 11.3. The van der Waals surface area contributed by atoms with Gasteiger partial charge in [-0.15, -0.1) is 0 Å². The molecule has 0 radical (unpaired) electrons. The summed E-state index contributed by atoms with van der Waals surface area (Å²) in [6.07, 6.45) is -1.90. The van der Waals surface area contributed by atoms with Crippen molar-refractivity contribution in [1.82, 2.24) is 10.6 Å². The van der Waals surface area contributed by atoms with Crippen molar-refractivity contribution in [3.8, 4) is 0 Å². The van der Waals surface area contributed by atoms with Crippen LogP contribution >= 0.6 is 11.6 Å². The van der Waals surface area contributed by atoms with Gasteiger partial charge >= 0.3 is 12.1 Å². The number of ether oxygens (including phenoxy) is 1. The second-order valence-corrected chi connectivity index (χ2v) is 5.71. The third kappa shape index (κ3) is 8.59. The van der Waals surface area contributed by atoms with Gasteiger partial charge in [0.1, 0.15) is 0 Å². The van der Waals surface area contributed by atoms with E-state index in [2.05, 4.69) is 15.4 Å². The highest BCUT2D eigenvalue weighted by Gasteiger charge is 2.30. The Morgan fingerprint density at radius 3 is 2.52 bits per heavy atom. The van der Waals surface area contributed by atoms with Crippen LogP contribution in [0.1, 0.15) is 24.5 Å². The van der Waals surface area contributed by atoms with E-state index < -0.39 is 30.2 Å². The van der Waals surface area contributed by atoms with Gasteiger partial charge in [0.2, 0.25) is 5.91 Å². The summed E-state index contributed by atoms with van der Waals surface area (Å²) < 4.78 is 42.7. The molecule has 148 valence electrons. The zero-order valence-electron chi connectivity index (χ0n) is 14.4. The highest BCUT2D eigenvalue weighted by Crippen LogP contribution is 2.32. The lowest BCUT2D eigenvalue weighted by Gasteiger charge is -2.08. The molecule has 6 nitrogen and oxygen atoms in total. The summed E-state index contributed by atoms with van der Waals surface area (Å²) in [5, 5.41) is 4.82. The Balaban J connectivity index is 2.50. The fraction of sp³-hybridized carbons (Fsp3) is 0.353. The van der Waals surface area contributed by atoms with Crippen LogP contribution in [0.2, 0.25) is 5.02 Å². The largest absolute Gasteiger partial charge is 0.452 e. The van der Waals surface area contributed by atoms with Gasteiger partial charge in [0.05, 0.1) is 12.1 Å². The van der Waals surface area contributed by atoms with Crippen molar-refractivity contribution in [3.05, 3.63) is 40.4 Å². The smallest absolute Gasteiger partial charge is 0.416 e. The molecule has 0 heterocycles. The van der Waals surface area contributed by atoms with E-state index in [1.807, 2.05) is 6.92 Å². The van der Waals surface area contributed by atoms with Crippen LogP contribution in [0.25, 0.3) is 6.08 Å². The summed E-state index contributed by atoms with van der Waals surface area (Å²) in [7, 11) is 0. The van der Waals surface area contributed by atoms with Crippen LogP contribution < -0.4 is 10.6 Å². The minimum Gasteiger partial charge on any atom is -0.452 e. The second kappa shape index (κ2) is 10.6. The van der Waals surface area contributed by atoms with Crippen molar-refractivity contribution in [2.45, 2.75) is 19.5 Å². The average Bonchev–Trinajstić information content (AvgIpc) is 2.61. The number of hydrogen-bond acceptors (Lipinski definition) is 4. The highest BCUT2D eigenvalue weighted by molar-refractivity contribution is 6.32. The highest BCUT2D eigenvalue weighted by atomic mass is 35.5. The van der Waals surface area contributed by atoms with Crippen molar-refractivity contribution in [2.75, 3.05) is 19.7 Å². The predicted octanol–water partition coefficient (Wildman–Crippen LogP) is 2.56. The monoisotopic (exact) mass is 406 g/mol. The van der Waals surface area contributed by atoms with Gasteiger partial charge in [-0.3, -0.25) is 9.59 Å². The van der Waals surface area contributed by atoms with Crippen molar-refractivity contribution in [1.29, 1.82) is 0 Å². The van der Waals surface area contributed by atoms with Gasteiger partial charge in [0.25, 0.3) is 5.91 Å². The van der Waals surface area contributed by atoms with Gasteiger partial charge in [0.15, 0.2) is 6.61 Å². The molecule has 27 heavy (non-hydrogen) atoms. The zero-order valence-corrected chi connectivity index (χ0v) is 15.1. The summed E-state index contributed by atoms with van der Waals surface area (Å²) in [5.74, 6) is -2.02. The Labute approximate surface area is 158 Å². The molecule has 0 bridgehead atoms. The van der Waals surface area contributed by atoms with E-state index in [0.29, 0.717) is 6.54 Å². The van der Waals surface area contributed by atoms with Gasteiger partial charge in [0, 0.05) is 17.6 Å². The molecule has 0 saturated carbocycles. The Hall–Kier alpha value is -2.55. The predicted molar refractivity (Wildman–Crippen MR) is 92.8 cm³/mol. The molecule has 0 fully saturated rings. The third-order valence-electron chi connectivity index (χ3n) is 3.09. The molecule has 0 aliphatic carbocycles. The van der Waals surface area contributed by atoms with Crippen molar-refractivity contribution < 1.29 is 32.3 Å². The Kier molecular flexibility index (Phi) is 8.80. The molecule has 0 spiro atoms. The maximum absolute atomic E-state index is 12.7. The first kappa shape index (κ1) is 22.5. The molecule has 1 rings (SSSR count). The molecule has 1 aromatic carbocycles. The molecule has 0 saturated heterocycles. The Bertz CT molecular complexity index is 721. The molecule has 0 aromatic heterocycles. The van der Waals surface area contributed by atoms with Crippen LogP contribution in [0, 0.1) is 0 Å². The van der Waals surface area contributed by atoms with E-state index in [4.69, 9.17) is 11.6 Å². The zero-order chi connectivity index (χ0) is 20.4. The van der Waals surface area contributed by atoms with Crippen LogP contribution in [0.5, 0.6) is 0 Å². The fourth-order valence-corrected chi connectivity index (χ4v) is 1.93. The second-order valence-electron chi connectivity index (χ2n) is 5.30. The van der Waals surface area contributed by atoms with Crippen LogP contribution in [-0.2, 0) is 25.3 Å². The fourth-order valence-electron chi connectivity index (χ4n) is 1.75. The Morgan fingerprint density at radius 1 is 1.19 bits per heavy atom. The molecular weight excluding hydrogens is 389 g/mol. The molecule has 0 aliphatic rings. The summed E-state index contributed by atoms with van der Waals surface area (Å²) in [6.45, 7) is 1.46. The number of carbonyl (C=O) groups excluding carboxylic acids is 3. The van der Waals surface area contributed by atoms with Gasteiger partial charge in [-0.1, -0.05) is 18.5 Å². The van der Waals surface area contributed by atoms with E-state index in [1.165, 1.54) is 0 Å². The SMILES string of the molecule is CCCNC(=O)CNC(=O)COC(=O)/C=C/c1cc(C(F)(F)F)ccc1Cl. The van der Waals surface area contributed by atoms with Gasteiger partial charge in [-0.2, -0.15) is 13.2 Å². The van der Waals surface area contributed by atoms with Gasteiger partial charge in [-0.25, -0.2) is 4.79 Å². The van der Waals surface area contributed by atoms with Crippen molar-refractivity contribution in [3.63, 3.8) is 0 Å². The van der Waals surface area contributed by atoms with Gasteiger partial charge in [-0.05, 0) is 36.3 Å². The topological polar surface area (TPSA) is 84.5 Å². The minimum absolute atomic E-state index is 0.0166. The van der Waals surface area contributed by atoms with Gasteiger partial charge < -0.3 is 15.4 Å². The number of halogens is 4. The van der Waals surface area contributed by atoms with Crippen molar-refractivity contribution in [2.24, 2.45) is 0 Å². The van der Waals surface area contributed by atoms with Crippen LogP contribution in [0.3, 0.4) is 0 Å². The van der Waals surface area contributed by atoms with E-state index in [-0.39, 0.29) is 23.0 Å². The lowest BCUT2D eigenvalue weighted by Crippen LogP contribution is -2.38. The maximum atomic E-state index is 12.7. The number of esters is 1. The van der Waals surface area contributed by atoms with Crippen LogP contribution in [0.15, 0.2) is 24.3 Å². The maximum Gasteiger partial charge on any atom is 0.416 e. The summed E-state index contributed by atoms with van der Waals surface area (Å²) >= 11 is 5.79. The molecular formula is C17H18ClF3N2O4. The minimum atomic E-state index is -4.55. The van der Waals surface area contributed by atoms with E-state index in [9.17, 15) is 27.6 Å². The molecule has 0 unspecified atom stereocenters. The summed E-state index contributed by atoms with van der Waals surface area (Å²) in [4.78, 5) is 34.3. The number of alkyl halides is 3. The van der Waals surface area contributed by atoms with Crippen LogP contribution in [-0.4, -0.2) is 37.5 Å². The quantitative estimate of drug-likeness (QED) is 0.513. The molecule has 2 N–H and O–H groups in total. The number of rotatable bonds is 8. The number of amides is 2. The number of hydrogen-bond donors (Lipinski definition) is 2. The number of nitrogens with one attached hydrogen (secondary N) is 2. The lowest BCUT2D eigenvalue weighted by molar-refractivity contribution is -0.143. The molecule has 0 atom stereocenters.